The van der Waals surface area contributed by atoms with Crippen LogP contribution >= 0.6 is 0 Å². The van der Waals surface area contributed by atoms with Crippen molar-refractivity contribution in [1.29, 1.82) is 0 Å². The highest BCUT2D eigenvalue weighted by Gasteiger charge is 2.27. The number of likely N-dealkylation sites (tertiary alicyclic amines) is 1. The average Bonchev–Trinajstić information content (AvgIpc) is 3.13. The largest absolute Gasteiger partial charge is 0.507 e. The Morgan fingerprint density at radius 1 is 0.875 bits per heavy atom. The normalized spacial score (nSPS) is 16.5. The Labute approximate surface area is 141 Å². The topological polar surface area (TPSA) is 23.5 Å². The van der Waals surface area contributed by atoms with E-state index < -0.39 is 0 Å². The Hall–Kier alpha value is -2.39. The van der Waals surface area contributed by atoms with Crippen LogP contribution in [0.15, 0.2) is 60.7 Å². The van der Waals surface area contributed by atoms with E-state index in [0.717, 1.165) is 47.8 Å². The third-order valence-corrected chi connectivity index (χ3v) is 4.92. The quantitative estimate of drug-likeness (QED) is 0.744. The molecule has 24 heavy (non-hydrogen) atoms. The number of nitrogens with zero attached hydrogens (tertiary/aromatic N) is 1. The molecule has 0 spiro atoms. The van der Waals surface area contributed by atoms with Crippen LogP contribution in [0.5, 0.6) is 5.75 Å². The Morgan fingerprint density at radius 2 is 1.58 bits per heavy atom. The highest BCUT2D eigenvalue weighted by molar-refractivity contribution is 5.89. The number of phenols is 1. The van der Waals surface area contributed by atoms with E-state index in [9.17, 15) is 9.50 Å². The number of phenolic OH excluding ortho intramolecular Hbond substituents is 1. The SMILES string of the molecule is Oc1c(C(c2ccc(F)cc2)N2CCCC2)ccc2ccccc12. The number of benzene rings is 3. The van der Waals surface area contributed by atoms with Gasteiger partial charge in [-0.3, -0.25) is 4.90 Å². The van der Waals surface area contributed by atoms with E-state index >= 15 is 0 Å². The first-order valence-electron chi connectivity index (χ1n) is 8.44. The van der Waals surface area contributed by atoms with Gasteiger partial charge in [0.05, 0.1) is 6.04 Å². The molecule has 1 fully saturated rings. The first-order valence-corrected chi connectivity index (χ1v) is 8.44. The van der Waals surface area contributed by atoms with Gasteiger partial charge in [-0.25, -0.2) is 4.39 Å². The molecule has 1 aliphatic rings. The average molecular weight is 321 g/mol. The Bertz CT molecular complexity index is 853. The number of halogens is 1. The smallest absolute Gasteiger partial charge is 0.128 e. The molecule has 3 heteroatoms. The lowest BCUT2D eigenvalue weighted by atomic mass is 9.94. The monoisotopic (exact) mass is 321 g/mol. The van der Waals surface area contributed by atoms with Gasteiger partial charge in [0, 0.05) is 10.9 Å². The van der Waals surface area contributed by atoms with Crippen LogP contribution in [0.4, 0.5) is 4.39 Å². The lowest BCUT2D eigenvalue weighted by molar-refractivity contribution is 0.275. The molecule has 4 rings (SSSR count). The zero-order valence-electron chi connectivity index (χ0n) is 13.5. The fourth-order valence-corrected chi connectivity index (χ4v) is 3.72. The highest BCUT2D eigenvalue weighted by atomic mass is 19.1. The molecule has 1 aliphatic heterocycles. The molecule has 0 aliphatic carbocycles. The summed E-state index contributed by atoms with van der Waals surface area (Å²) in [6, 6.07) is 18.5. The molecule has 0 aromatic heterocycles. The number of hydrogen-bond acceptors (Lipinski definition) is 2. The Balaban J connectivity index is 1.86. The molecule has 1 unspecified atom stereocenters. The van der Waals surface area contributed by atoms with Crippen molar-refractivity contribution in [3.05, 3.63) is 77.6 Å². The minimum absolute atomic E-state index is 0.0438. The van der Waals surface area contributed by atoms with Crippen molar-refractivity contribution in [3.63, 3.8) is 0 Å². The lowest BCUT2D eigenvalue weighted by Gasteiger charge is -2.29. The molecule has 3 aromatic carbocycles. The zero-order valence-corrected chi connectivity index (χ0v) is 13.5. The van der Waals surface area contributed by atoms with Gasteiger partial charge in [0.15, 0.2) is 0 Å². The van der Waals surface area contributed by atoms with Gasteiger partial charge in [-0.15, -0.1) is 0 Å². The maximum absolute atomic E-state index is 13.4. The van der Waals surface area contributed by atoms with E-state index in [1.54, 1.807) is 0 Å². The highest BCUT2D eigenvalue weighted by Crippen LogP contribution is 2.39. The van der Waals surface area contributed by atoms with E-state index in [1.807, 2.05) is 42.5 Å². The van der Waals surface area contributed by atoms with Crippen molar-refractivity contribution in [1.82, 2.24) is 4.90 Å². The first kappa shape index (κ1) is 15.2. The standard InChI is InChI=1S/C21H20FNO/c22-17-10-7-16(8-11-17)20(23-13-3-4-14-23)19-12-9-15-5-1-2-6-18(15)21(19)24/h1-2,5-12,20,24H,3-4,13-14H2. The van der Waals surface area contributed by atoms with Gasteiger partial charge in [0.1, 0.15) is 11.6 Å². The van der Waals surface area contributed by atoms with E-state index in [1.165, 1.54) is 12.1 Å². The van der Waals surface area contributed by atoms with Crippen LogP contribution in [0.3, 0.4) is 0 Å². The van der Waals surface area contributed by atoms with Gasteiger partial charge < -0.3 is 5.11 Å². The van der Waals surface area contributed by atoms with E-state index in [0.29, 0.717) is 5.75 Å². The van der Waals surface area contributed by atoms with Crippen LogP contribution in [0, 0.1) is 5.82 Å². The lowest BCUT2D eigenvalue weighted by Crippen LogP contribution is -2.26. The Morgan fingerprint density at radius 3 is 2.33 bits per heavy atom. The van der Waals surface area contributed by atoms with Gasteiger partial charge >= 0.3 is 0 Å². The number of rotatable bonds is 3. The molecule has 0 saturated carbocycles. The van der Waals surface area contributed by atoms with Crippen LogP contribution < -0.4 is 0 Å². The maximum atomic E-state index is 13.4. The molecule has 2 nitrogen and oxygen atoms in total. The minimum atomic E-state index is -0.235. The van der Waals surface area contributed by atoms with Gasteiger partial charge in [0.25, 0.3) is 0 Å². The van der Waals surface area contributed by atoms with Crippen molar-refractivity contribution in [2.24, 2.45) is 0 Å². The molecule has 0 bridgehead atoms. The maximum Gasteiger partial charge on any atom is 0.128 e. The molecule has 0 amide bonds. The predicted molar refractivity (Wildman–Crippen MR) is 94.7 cm³/mol. The minimum Gasteiger partial charge on any atom is -0.507 e. The van der Waals surface area contributed by atoms with E-state index in [2.05, 4.69) is 11.0 Å². The first-order chi connectivity index (χ1) is 11.7. The summed E-state index contributed by atoms with van der Waals surface area (Å²) < 4.78 is 13.4. The third kappa shape index (κ3) is 2.65. The summed E-state index contributed by atoms with van der Waals surface area (Å²) in [6.45, 7) is 1.99. The molecule has 1 atom stereocenters. The van der Waals surface area contributed by atoms with Crippen LogP contribution in [0.1, 0.15) is 30.0 Å². The summed E-state index contributed by atoms with van der Waals surface area (Å²) in [5, 5.41) is 12.8. The molecule has 0 radical (unpaired) electrons. The van der Waals surface area contributed by atoms with Gasteiger partial charge in [0.2, 0.25) is 0 Å². The predicted octanol–water partition coefficient (Wildman–Crippen LogP) is 4.87. The van der Waals surface area contributed by atoms with Crippen LogP contribution in [0.2, 0.25) is 0 Å². The van der Waals surface area contributed by atoms with Crippen LogP contribution in [-0.2, 0) is 0 Å². The third-order valence-electron chi connectivity index (χ3n) is 4.92. The van der Waals surface area contributed by atoms with Gasteiger partial charge in [-0.2, -0.15) is 0 Å². The fraction of sp³-hybridized carbons (Fsp3) is 0.238. The number of fused-ring (bicyclic) bond motifs is 1. The Kier molecular flexibility index (Phi) is 3.95. The fourth-order valence-electron chi connectivity index (χ4n) is 3.72. The summed E-state index contributed by atoms with van der Waals surface area (Å²) in [5.41, 5.74) is 1.91. The summed E-state index contributed by atoms with van der Waals surface area (Å²) in [5.74, 6) is 0.0935. The summed E-state index contributed by atoms with van der Waals surface area (Å²) >= 11 is 0. The number of hydrogen-bond donors (Lipinski definition) is 1. The molecular formula is C21H20FNO. The molecular weight excluding hydrogens is 301 g/mol. The summed E-state index contributed by atoms with van der Waals surface area (Å²) in [4.78, 5) is 2.37. The van der Waals surface area contributed by atoms with Gasteiger partial charge in [-0.1, -0.05) is 48.5 Å². The van der Waals surface area contributed by atoms with E-state index in [-0.39, 0.29) is 11.9 Å². The summed E-state index contributed by atoms with van der Waals surface area (Å²) in [7, 11) is 0. The molecule has 1 heterocycles. The molecule has 1 N–H and O–H groups in total. The van der Waals surface area contributed by atoms with Crippen LogP contribution in [0.25, 0.3) is 10.8 Å². The molecule has 122 valence electrons. The number of aromatic hydroxyl groups is 1. The van der Waals surface area contributed by atoms with Crippen LogP contribution in [-0.4, -0.2) is 23.1 Å². The zero-order chi connectivity index (χ0) is 16.5. The molecule has 3 aromatic rings. The van der Waals surface area contributed by atoms with Gasteiger partial charge in [-0.05, 0) is 49.0 Å². The summed E-state index contributed by atoms with van der Waals surface area (Å²) in [6.07, 6.45) is 2.32. The molecule has 1 saturated heterocycles. The second-order valence-corrected chi connectivity index (χ2v) is 6.42. The second-order valence-electron chi connectivity index (χ2n) is 6.42. The van der Waals surface area contributed by atoms with Crippen molar-refractivity contribution < 1.29 is 9.50 Å². The van der Waals surface area contributed by atoms with Crippen molar-refractivity contribution >= 4 is 10.8 Å². The van der Waals surface area contributed by atoms with Crippen molar-refractivity contribution in [2.45, 2.75) is 18.9 Å². The van der Waals surface area contributed by atoms with Crippen molar-refractivity contribution in [2.75, 3.05) is 13.1 Å². The van der Waals surface area contributed by atoms with E-state index in [4.69, 9.17) is 0 Å². The van der Waals surface area contributed by atoms with Crippen molar-refractivity contribution in [3.8, 4) is 5.75 Å². The second kappa shape index (κ2) is 6.25.